The minimum absolute atomic E-state index is 0.0108. The van der Waals surface area contributed by atoms with Gasteiger partial charge in [0.1, 0.15) is 0 Å². The van der Waals surface area contributed by atoms with Crippen molar-refractivity contribution >= 4 is 6.03 Å². The molecule has 0 heterocycles. The molecule has 0 radical (unpaired) electrons. The lowest BCUT2D eigenvalue weighted by Gasteiger charge is -2.24. The lowest BCUT2D eigenvalue weighted by Crippen LogP contribution is -2.44. The molecule has 2 amide bonds. The molecule has 0 aromatic heterocycles. The van der Waals surface area contributed by atoms with Gasteiger partial charge in [0.2, 0.25) is 0 Å². The van der Waals surface area contributed by atoms with E-state index in [1.54, 1.807) is 0 Å². The minimum Gasteiger partial charge on any atom is -0.396 e. The Morgan fingerprint density at radius 2 is 1.48 bits per heavy atom. The molecule has 4 nitrogen and oxygen atoms in total. The fourth-order valence-electron chi connectivity index (χ4n) is 2.88. The van der Waals surface area contributed by atoms with Crippen LogP contribution >= 0.6 is 0 Å². The third kappa shape index (κ3) is 5.91. The lowest BCUT2D eigenvalue weighted by atomic mass is 9.94. The van der Waals surface area contributed by atoms with Crippen molar-refractivity contribution in [2.75, 3.05) is 6.61 Å². The number of urea groups is 1. The summed E-state index contributed by atoms with van der Waals surface area (Å²) in [6.07, 6.45) is 1.35. The second-order valence-corrected chi connectivity index (χ2v) is 6.43. The number of benzene rings is 2. The first kappa shape index (κ1) is 19.0. The maximum Gasteiger partial charge on any atom is 0.315 e. The van der Waals surface area contributed by atoms with E-state index >= 15 is 0 Å². The Morgan fingerprint density at radius 1 is 0.920 bits per heavy atom. The number of carbonyl (C=O) groups is 1. The molecule has 0 aliphatic carbocycles. The molecule has 0 bridgehead atoms. The molecule has 0 saturated heterocycles. The van der Waals surface area contributed by atoms with E-state index in [0.717, 1.165) is 5.56 Å². The Balaban J connectivity index is 1.96. The van der Waals surface area contributed by atoms with Crippen LogP contribution in [0.4, 0.5) is 4.79 Å². The molecule has 4 heteroatoms. The van der Waals surface area contributed by atoms with Crippen LogP contribution < -0.4 is 10.6 Å². The summed E-state index contributed by atoms with van der Waals surface area (Å²) in [6.45, 7) is 4.25. The van der Waals surface area contributed by atoms with Crippen LogP contribution in [-0.2, 0) is 0 Å². The number of hydrogen-bond donors (Lipinski definition) is 3. The van der Waals surface area contributed by atoms with Crippen molar-refractivity contribution in [1.82, 2.24) is 10.6 Å². The van der Waals surface area contributed by atoms with Gasteiger partial charge >= 0.3 is 6.03 Å². The molecule has 3 N–H and O–H groups in total. The smallest absolute Gasteiger partial charge is 0.315 e. The van der Waals surface area contributed by atoms with E-state index in [0.29, 0.717) is 12.8 Å². The highest BCUT2D eigenvalue weighted by molar-refractivity contribution is 5.74. The molecule has 0 fully saturated rings. The van der Waals surface area contributed by atoms with Gasteiger partial charge in [0.15, 0.2) is 0 Å². The summed E-state index contributed by atoms with van der Waals surface area (Å²) in [7, 11) is 0. The van der Waals surface area contributed by atoms with Gasteiger partial charge in [-0.15, -0.1) is 0 Å². The Bertz CT molecular complexity index is 631. The second-order valence-electron chi connectivity index (χ2n) is 6.43. The molecule has 3 unspecified atom stereocenters. The van der Waals surface area contributed by atoms with E-state index < -0.39 is 0 Å². The van der Waals surface area contributed by atoms with E-state index in [9.17, 15) is 4.79 Å². The van der Waals surface area contributed by atoms with Crippen molar-refractivity contribution in [3.63, 3.8) is 0 Å². The van der Waals surface area contributed by atoms with Crippen molar-refractivity contribution in [1.29, 1.82) is 0 Å². The Hall–Kier alpha value is -2.33. The third-order valence-electron chi connectivity index (χ3n) is 4.59. The fraction of sp³-hybridized carbons (Fsp3) is 0.381. The van der Waals surface area contributed by atoms with Gasteiger partial charge in [-0.2, -0.15) is 0 Å². The van der Waals surface area contributed by atoms with E-state index in [4.69, 9.17) is 5.11 Å². The van der Waals surface area contributed by atoms with Gasteiger partial charge in [-0.3, -0.25) is 0 Å². The topological polar surface area (TPSA) is 61.4 Å². The van der Waals surface area contributed by atoms with Crippen LogP contribution in [0.3, 0.4) is 0 Å². The van der Waals surface area contributed by atoms with E-state index in [1.807, 2.05) is 55.5 Å². The highest BCUT2D eigenvalue weighted by Gasteiger charge is 2.19. The average Bonchev–Trinajstić information content (AvgIpc) is 2.65. The molecule has 134 valence electrons. The molecule has 2 aromatic carbocycles. The van der Waals surface area contributed by atoms with Gasteiger partial charge in [-0.25, -0.2) is 4.79 Å². The summed E-state index contributed by atoms with van der Waals surface area (Å²) in [4.78, 5) is 12.5. The molecule has 25 heavy (non-hydrogen) atoms. The second kappa shape index (κ2) is 9.84. The van der Waals surface area contributed by atoms with Crippen LogP contribution in [0, 0.1) is 0 Å². The molecule has 2 rings (SSSR count). The average molecular weight is 340 g/mol. The summed E-state index contributed by atoms with van der Waals surface area (Å²) >= 11 is 0. The van der Waals surface area contributed by atoms with E-state index in [1.165, 1.54) is 5.56 Å². The number of aliphatic hydroxyl groups is 1. The van der Waals surface area contributed by atoms with Gasteiger partial charge in [-0.05, 0) is 30.9 Å². The van der Waals surface area contributed by atoms with Crippen molar-refractivity contribution < 1.29 is 9.90 Å². The normalized spacial score (nSPS) is 14.4. The first-order chi connectivity index (χ1) is 12.1. The Labute approximate surface area is 150 Å². The molecule has 0 aliphatic rings. The maximum atomic E-state index is 12.5. The van der Waals surface area contributed by atoms with Crippen LogP contribution in [0.5, 0.6) is 0 Å². The van der Waals surface area contributed by atoms with Crippen LogP contribution in [0.25, 0.3) is 0 Å². The van der Waals surface area contributed by atoms with Crippen molar-refractivity contribution in [2.24, 2.45) is 0 Å². The molecule has 0 aliphatic heterocycles. The quantitative estimate of drug-likeness (QED) is 0.680. The standard InChI is InChI=1S/C21H28N2O2/c1-16(18-10-5-3-6-11-18)17(2)22-21(25)23-20(14-9-15-24)19-12-7-4-8-13-19/h3-8,10-13,16-17,20,24H,9,14-15H2,1-2H3,(H2,22,23,25). The van der Waals surface area contributed by atoms with Crippen LogP contribution in [0.15, 0.2) is 60.7 Å². The molecule has 2 aromatic rings. The van der Waals surface area contributed by atoms with Crippen molar-refractivity contribution in [2.45, 2.75) is 44.7 Å². The Morgan fingerprint density at radius 3 is 2.04 bits per heavy atom. The zero-order chi connectivity index (χ0) is 18.1. The molecule has 0 spiro atoms. The van der Waals surface area contributed by atoms with Gasteiger partial charge in [0.25, 0.3) is 0 Å². The molecule has 3 atom stereocenters. The largest absolute Gasteiger partial charge is 0.396 e. The Kier molecular flexibility index (Phi) is 7.48. The number of aliphatic hydroxyl groups excluding tert-OH is 1. The number of hydrogen-bond acceptors (Lipinski definition) is 2. The number of rotatable bonds is 8. The number of carbonyl (C=O) groups excluding carboxylic acids is 1. The zero-order valence-corrected chi connectivity index (χ0v) is 15.0. The van der Waals surface area contributed by atoms with Crippen LogP contribution in [0.2, 0.25) is 0 Å². The highest BCUT2D eigenvalue weighted by atomic mass is 16.3. The number of nitrogens with one attached hydrogen (secondary N) is 2. The highest BCUT2D eigenvalue weighted by Crippen LogP contribution is 2.20. The number of amides is 2. The summed E-state index contributed by atoms with van der Waals surface area (Å²) in [5.41, 5.74) is 2.25. The van der Waals surface area contributed by atoms with Gasteiger partial charge in [-0.1, -0.05) is 67.6 Å². The fourth-order valence-corrected chi connectivity index (χ4v) is 2.88. The summed E-state index contributed by atoms with van der Waals surface area (Å²) in [5, 5.41) is 15.2. The first-order valence-electron chi connectivity index (χ1n) is 8.89. The predicted molar refractivity (Wildman–Crippen MR) is 101 cm³/mol. The molecule has 0 saturated carbocycles. The molecular formula is C21H28N2O2. The van der Waals surface area contributed by atoms with Gasteiger partial charge in [0, 0.05) is 18.6 Å². The monoisotopic (exact) mass is 340 g/mol. The van der Waals surface area contributed by atoms with Gasteiger partial charge < -0.3 is 15.7 Å². The SMILES string of the molecule is CC(NC(=O)NC(CCCO)c1ccccc1)C(C)c1ccccc1. The molecular weight excluding hydrogens is 312 g/mol. The van der Waals surface area contributed by atoms with Crippen LogP contribution in [0.1, 0.15) is 49.8 Å². The van der Waals surface area contributed by atoms with Gasteiger partial charge in [0.05, 0.1) is 6.04 Å². The minimum atomic E-state index is -0.179. The summed E-state index contributed by atoms with van der Waals surface area (Å²) < 4.78 is 0. The zero-order valence-electron chi connectivity index (χ0n) is 15.0. The maximum absolute atomic E-state index is 12.5. The predicted octanol–water partition coefficient (Wildman–Crippen LogP) is 3.99. The van der Waals surface area contributed by atoms with Crippen LogP contribution in [-0.4, -0.2) is 23.8 Å². The van der Waals surface area contributed by atoms with E-state index in [-0.39, 0.29) is 30.6 Å². The van der Waals surface area contributed by atoms with Crippen molar-refractivity contribution in [3.05, 3.63) is 71.8 Å². The first-order valence-corrected chi connectivity index (χ1v) is 8.89. The van der Waals surface area contributed by atoms with E-state index in [2.05, 4.69) is 29.7 Å². The lowest BCUT2D eigenvalue weighted by molar-refractivity contribution is 0.228. The summed E-state index contributed by atoms with van der Waals surface area (Å²) in [6, 6.07) is 19.8. The summed E-state index contributed by atoms with van der Waals surface area (Å²) in [5.74, 6) is 0.222. The third-order valence-corrected chi connectivity index (χ3v) is 4.59. The van der Waals surface area contributed by atoms with Crippen molar-refractivity contribution in [3.8, 4) is 0 Å².